The minimum atomic E-state index is -0.115. The molecule has 1 saturated heterocycles. The monoisotopic (exact) mass is 353 g/mol. The van der Waals surface area contributed by atoms with Crippen LogP contribution in [0.1, 0.15) is 12.5 Å². The molecule has 0 spiro atoms. The molecule has 0 radical (unpaired) electrons. The van der Waals surface area contributed by atoms with Crippen LogP contribution in [0.5, 0.6) is 5.75 Å². The Hall–Kier alpha value is -3.02. The predicted molar refractivity (Wildman–Crippen MR) is 101 cm³/mol. The number of carbonyl (C=O) groups excluding carboxylic acids is 2. The predicted octanol–water partition coefficient (Wildman–Crippen LogP) is 2.24. The van der Waals surface area contributed by atoms with Gasteiger partial charge >= 0.3 is 0 Å². The van der Waals surface area contributed by atoms with Gasteiger partial charge in [-0.1, -0.05) is 24.3 Å². The van der Waals surface area contributed by atoms with Crippen LogP contribution in [0.2, 0.25) is 0 Å². The summed E-state index contributed by atoms with van der Waals surface area (Å²) in [6.07, 6.45) is 0.344. The topological polar surface area (TPSA) is 72.9 Å². The van der Waals surface area contributed by atoms with E-state index in [4.69, 9.17) is 0 Å². The van der Waals surface area contributed by atoms with Crippen molar-refractivity contribution in [2.45, 2.75) is 13.3 Å². The van der Waals surface area contributed by atoms with Crippen LogP contribution in [0.3, 0.4) is 0 Å². The molecule has 2 aromatic rings. The summed E-state index contributed by atoms with van der Waals surface area (Å²) < 4.78 is 0. The molecule has 0 bridgehead atoms. The molecule has 1 fully saturated rings. The molecule has 0 unspecified atom stereocenters. The molecule has 6 nitrogen and oxygen atoms in total. The molecule has 136 valence electrons. The van der Waals surface area contributed by atoms with Gasteiger partial charge in [0.2, 0.25) is 11.8 Å². The van der Waals surface area contributed by atoms with Crippen LogP contribution in [0.4, 0.5) is 11.4 Å². The van der Waals surface area contributed by atoms with Crippen LogP contribution in [0, 0.1) is 0 Å². The van der Waals surface area contributed by atoms with Crippen molar-refractivity contribution in [1.82, 2.24) is 4.90 Å². The second kappa shape index (κ2) is 7.91. The summed E-state index contributed by atoms with van der Waals surface area (Å²) in [5.74, 6) is 0.247. The fourth-order valence-corrected chi connectivity index (χ4v) is 3.12. The minimum absolute atomic E-state index is 0.0919. The number of anilines is 2. The second-order valence-corrected chi connectivity index (χ2v) is 6.41. The lowest BCUT2D eigenvalue weighted by molar-refractivity contribution is -0.130. The molecule has 2 aromatic carbocycles. The van der Waals surface area contributed by atoms with E-state index < -0.39 is 0 Å². The number of piperazine rings is 1. The molecule has 2 amide bonds. The Morgan fingerprint density at radius 2 is 1.65 bits per heavy atom. The largest absolute Gasteiger partial charge is 0.506 e. The van der Waals surface area contributed by atoms with E-state index in [2.05, 4.69) is 10.2 Å². The molecule has 3 rings (SSSR count). The van der Waals surface area contributed by atoms with E-state index in [1.54, 1.807) is 24.3 Å². The lowest BCUT2D eigenvalue weighted by Crippen LogP contribution is -2.49. The van der Waals surface area contributed by atoms with Crippen LogP contribution in [-0.4, -0.2) is 48.0 Å². The number of benzene rings is 2. The number of phenols is 1. The molecule has 0 saturated carbocycles. The Morgan fingerprint density at radius 1 is 1.00 bits per heavy atom. The van der Waals surface area contributed by atoms with Crippen LogP contribution >= 0.6 is 0 Å². The van der Waals surface area contributed by atoms with Crippen LogP contribution in [0.25, 0.3) is 0 Å². The number of aromatic hydroxyl groups is 1. The molecule has 1 heterocycles. The van der Waals surface area contributed by atoms with Gasteiger partial charge in [0.15, 0.2) is 0 Å². The van der Waals surface area contributed by atoms with Crippen molar-refractivity contribution in [2.24, 2.45) is 0 Å². The van der Waals surface area contributed by atoms with E-state index in [0.29, 0.717) is 32.6 Å². The lowest BCUT2D eigenvalue weighted by atomic mass is 10.1. The summed E-state index contributed by atoms with van der Waals surface area (Å²) in [4.78, 5) is 27.5. The smallest absolute Gasteiger partial charge is 0.227 e. The van der Waals surface area contributed by atoms with Gasteiger partial charge in [-0.25, -0.2) is 0 Å². The standard InChI is InChI=1S/C20H23N3O3/c1-15(24)21-17-8-6-16(7-9-17)14-20(26)23-12-10-22(11-13-23)18-4-2-3-5-19(18)25/h2-9,25H,10-14H2,1H3,(H,21,24). The van der Waals surface area contributed by atoms with Gasteiger partial charge in [0.05, 0.1) is 12.1 Å². The molecular formula is C20H23N3O3. The van der Waals surface area contributed by atoms with Gasteiger partial charge in [0, 0.05) is 38.8 Å². The number of carbonyl (C=O) groups is 2. The highest BCUT2D eigenvalue weighted by molar-refractivity contribution is 5.88. The normalized spacial score (nSPS) is 14.2. The van der Waals surface area contributed by atoms with E-state index >= 15 is 0 Å². The zero-order valence-corrected chi connectivity index (χ0v) is 14.8. The highest BCUT2D eigenvalue weighted by atomic mass is 16.3. The van der Waals surface area contributed by atoms with E-state index in [1.807, 2.05) is 29.2 Å². The molecule has 0 atom stereocenters. The van der Waals surface area contributed by atoms with Crippen molar-refractivity contribution in [3.05, 3.63) is 54.1 Å². The number of rotatable bonds is 4. The van der Waals surface area contributed by atoms with Crippen LogP contribution < -0.4 is 10.2 Å². The van der Waals surface area contributed by atoms with Gasteiger partial charge in [0.25, 0.3) is 0 Å². The van der Waals surface area contributed by atoms with Gasteiger partial charge in [-0.05, 0) is 29.8 Å². The van der Waals surface area contributed by atoms with E-state index in [0.717, 1.165) is 16.9 Å². The summed E-state index contributed by atoms with van der Waals surface area (Å²) in [6, 6.07) is 14.6. The fourth-order valence-electron chi connectivity index (χ4n) is 3.12. The number of hydrogen-bond donors (Lipinski definition) is 2. The van der Waals surface area contributed by atoms with Crippen LogP contribution in [-0.2, 0) is 16.0 Å². The first-order valence-electron chi connectivity index (χ1n) is 8.70. The quantitative estimate of drug-likeness (QED) is 0.884. The third kappa shape index (κ3) is 4.33. The Morgan fingerprint density at radius 3 is 2.27 bits per heavy atom. The Bertz CT molecular complexity index is 781. The first kappa shape index (κ1) is 17.8. The number of hydrogen-bond acceptors (Lipinski definition) is 4. The minimum Gasteiger partial charge on any atom is -0.506 e. The number of nitrogens with one attached hydrogen (secondary N) is 1. The molecule has 26 heavy (non-hydrogen) atoms. The van der Waals surface area contributed by atoms with Gasteiger partial charge in [-0.2, -0.15) is 0 Å². The third-order valence-electron chi connectivity index (χ3n) is 4.48. The number of amides is 2. The van der Waals surface area contributed by atoms with Gasteiger partial charge in [0.1, 0.15) is 5.75 Å². The van der Waals surface area contributed by atoms with Crippen molar-refractivity contribution in [1.29, 1.82) is 0 Å². The number of para-hydroxylation sites is 2. The maximum Gasteiger partial charge on any atom is 0.227 e. The fraction of sp³-hybridized carbons (Fsp3) is 0.300. The third-order valence-corrected chi connectivity index (χ3v) is 4.48. The summed E-state index contributed by atoms with van der Waals surface area (Å²) in [6.45, 7) is 4.14. The number of nitrogens with zero attached hydrogens (tertiary/aromatic N) is 2. The van der Waals surface area contributed by atoms with Gasteiger partial charge in [-0.3, -0.25) is 9.59 Å². The molecule has 1 aliphatic heterocycles. The molecule has 0 aliphatic carbocycles. The lowest BCUT2D eigenvalue weighted by Gasteiger charge is -2.36. The van der Waals surface area contributed by atoms with Crippen LogP contribution in [0.15, 0.2) is 48.5 Å². The molecule has 6 heteroatoms. The second-order valence-electron chi connectivity index (χ2n) is 6.41. The Balaban J connectivity index is 1.54. The van der Waals surface area contributed by atoms with Crippen molar-refractivity contribution in [2.75, 3.05) is 36.4 Å². The zero-order chi connectivity index (χ0) is 18.5. The average Bonchev–Trinajstić information content (AvgIpc) is 2.63. The van der Waals surface area contributed by atoms with E-state index in [9.17, 15) is 14.7 Å². The summed E-state index contributed by atoms with van der Waals surface area (Å²) in [5.41, 5.74) is 2.46. The van der Waals surface area contributed by atoms with Crippen molar-refractivity contribution >= 4 is 23.2 Å². The first-order valence-corrected chi connectivity index (χ1v) is 8.70. The summed E-state index contributed by atoms with van der Waals surface area (Å²) in [7, 11) is 0. The molecule has 1 aliphatic rings. The summed E-state index contributed by atoms with van der Waals surface area (Å²) in [5, 5.41) is 12.7. The zero-order valence-electron chi connectivity index (χ0n) is 14.8. The molecule has 0 aromatic heterocycles. The average molecular weight is 353 g/mol. The van der Waals surface area contributed by atoms with Gasteiger partial charge < -0.3 is 20.2 Å². The van der Waals surface area contributed by atoms with Crippen molar-refractivity contribution in [3.8, 4) is 5.75 Å². The maximum absolute atomic E-state index is 12.5. The summed E-state index contributed by atoms with van der Waals surface area (Å²) >= 11 is 0. The van der Waals surface area contributed by atoms with E-state index in [1.165, 1.54) is 6.92 Å². The van der Waals surface area contributed by atoms with Crippen molar-refractivity contribution < 1.29 is 14.7 Å². The van der Waals surface area contributed by atoms with E-state index in [-0.39, 0.29) is 17.6 Å². The Labute approximate surface area is 153 Å². The van der Waals surface area contributed by atoms with Crippen molar-refractivity contribution in [3.63, 3.8) is 0 Å². The molecular weight excluding hydrogens is 330 g/mol. The number of phenolic OH excluding ortho intramolecular Hbond substituents is 1. The Kier molecular flexibility index (Phi) is 5.41. The maximum atomic E-state index is 12.5. The molecule has 2 N–H and O–H groups in total. The highest BCUT2D eigenvalue weighted by Gasteiger charge is 2.22. The van der Waals surface area contributed by atoms with Gasteiger partial charge in [-0.15, -0.1) is 0 Å². The SMILES string of the molecule is CC(=O)Nc1ccc(CC(=O)N2CCN(c3ccccc3O)CC2)cc1. The highest BCUT2D eigenvalue weighted by Crippen LogP contribution is 2.27. The first-order chi connectivity index (χ1) is 12.5.